The molecule has 1 unspecified atom stereocenters. The minimum Gasteiger partial charge on any atom is -0.379 e. The summed E-state index contributed by atoms with van der Waals surface area (Å²) in [5.74, 6) is -0.619. The zero-order chi connectivity index (χ0) is 21.7. The highest BCUT2D eigenvalue weighted by atomic mass is 19.1. The highest BCUT2D eigenvalue weighted by Gasteiger charge is 2.34. The summed E-state index contributed by atoms with van der Waals surface area (Å²) >= 11 is 0. The number of hydrogen-bond acceptors (Lipinski definition) is 2. The molecular formula is C26H24F2N2O. The summed E-state index contributed by atoms with van der Waals surface area (Å²) in [6, 6.07) is 22.3. The molecule has 4 rings (SSSR count). The maximum absolute atomic E-state index is 13.6. The van der Waals surface area contributed by atoms with Crippen LogP contribution in [0.5, 0.6) is 0 Å². The molecule has 0 amide bonds. The minimum atomic E-state index is -1.33. The summed E-state index contributed by atoms with van der Waals surface area (Å²) in [5.41, 5.74) is 2.03. The lowest BCUT2D eigenvalue weighted by atomic mass is 9.85. The molecule has 0 radical (unpaired) electrons. The first-order chi connectivity index (χ1) is 15.0. The van der Waals surface area contributed by atoms with Gasteiger partial charge >= 0.3 is 0 Å². The summed E-state index contributed by atoms with van der Waals surface area (Å²) in [4.78, 5) is 4.29. The first-order valence-electron chi connectivity index (χ1n) is 10.3. The first kappa shape index (κ1) is 20.9. The van der Waals surface area contributed by atoms with Crippen LogP contribution in [0.1, 0.15) is 35.2 Å². The number of nitrogens with zero attached hydrogens (tertiary/aromatic N) is 2. The second kappa shape index (κ2) is 9.23. The van der Waals surface area contributed by atoms with Crippen LogP contribution < -0.4 is 0 Å². The van der Waals surface area contributed by atoms with Crippen LogP contribution in [0.2, 0.25) is 0 Å². The summed E-state index contributed by atoms with van der Waals surface area (Å²) in [5, 5.41) is 11.9. The van der Waals surface area contributed by atoms with Crippen LogP contribution in [0.25, 0.3) is 0 Å². The number of rotatable bonds is 8. The van der Waals surface area contributed by atoms with Crippen LogP contribution in [0.4, 0.5) is 8.78 Å². The largest absolute Gasteiger partial charge is 0.379 e. The number of imidazole rings is 1. The minimum absolute atomic E-state index is 0.267. The van der Waals surface area contributed by atoms with E-state index in [2.05, 4.69) is 4.98 Å². The van der Waals surface area contributed by atoms with Gasteiger partial charge in [0, 0.05) is 6.54 Å². The third kappa shape index (κ3) is 4.89. The number of halogens is 2. The normalized spacial score (nSPS) is 13.1. The fraction of sp³-hybridized carbons (Fsp3) is 0.192. The Kier molecular flexibility index (Phi) is 6.23. The lowest BCUT2D eigenvalue weighted by Gasteiger charge is -2.30. The molecule has 0 saturated carbocycles. The first-order valence-corrected chi connectivity index (χ1v) is 10.3. The molecule has 0 aliphatic heterocycles. The van der Waals surface area contributed by atoms with Crippen molar-refractivity contribution in [2.24, 2.45) is 0 Å². The molecule has 0 saturated heterocycles. The smallest absolute Gasteiger partial charge is 0.131 e. The topological polar surface area (TPSA) is 38.1 Å². The monoisotopic (exact) mass is 418 g/mol. The van der Waals surface area contributed by atoms with Crippen LogP contribution in [0.15, 0.2) is 91.4 Å². The Morgan fingerprint density at radius 2 is 1.45 bits per heavy atom. The average molecular weight is 418 g/mol. The van der Waals surface area contributed by atoms with Gasteiger partial charge in [-0.15, -0.1) is 0 Å². The third-order valence-electron chi connectivity index (χ3n) is 5.57. The zero-order valence-electron chi connectivity index (χ0n) is 17.1. The van der Waals surface area contributed by atoms with Crippen molar-refractivity contribution in [3.8, 4) is 0 Å². The number of aliphatic hydroxyl groups is 1. The Bertz CT molecular complexity index is 1110. The number of aryl methyl sites for hydroxylation is 1. The molecule has 1 heterocycles. The fourth-order valence-electron chi connectivity index (χ4n) is 3.92. The SMILES string of the molecule is OC(CCCc1ccc(F)cc1)(c1ccc(F)cc1)c1cncn1Cc1ccccc1. The Labute approximate surface area is 180 Å². The quantitative estimate of drug-likeness (QED) is 0.412. The molecule has 0 aliphatic rings. The number of benzene rings is 3. The van der Waals surface area contributed by atoms with Crippen LogP contribution in [-0.2, 0) is 18.6 Å². The van der Waals surface area contributed by atoms with E-state index in [-0.39, 0.29) is 11.6 Å². The molecule has 1 aromatic heterocycles. The third-order valence-corrected chi connectivity index (χ3v) is 5.57. The van der Waals surface area contributed by atoms with Crippen molar-refractivity contribution in [1.29, 1.82) is 0 Å². The Balaban J connectivity index is 1.62. The molecule has 0 fully saturated rings. The van der Waals surface area contributed by atoms with Crippen LogP contribution in [0, 0.1) is 11.6 Å². The van der Waals surface area contributed by atoms with E-state index in [0.29, 0.717) is 37.1 Å². The van der Waals surface area contributed by atoms with E-state index in [4.69, 9.17) is 0 Å². The van der Waals surface area contributed by atoms with Crippen molar-refractivity contribution in [3.05, 3.63) is 125 Å². The van der Waals surface area contributed by atoms with Crippen molar-refractivity contribution < 1.29 is 13.9 Å². The van der Waals surface area contributed by atoms with Crippen molar-refractivity contribution in [3.63, 3.8) is 0 Å². The number of hydrogen-bond donors (Lipinski definition) is 1. The standard InChI is InChI=1S/C26H24F2N2O/c27-23-12-8-20(9-13-23)7-4-16-26(31,22-10-14-24(28)15-11-22)25-17-29-19-30(25)18-21-5-2-1-3-6-21/h1-3,5-6,8-15,17,19,31H,4,7,16,18H2. The molecule has 4 aromatic rings. The zero-order valence-corrected chi connectivity index (χ0v) is 17.1. The predicted molar refractivity (Wildman–Crippen MR) is 117 cm³/mol. The molecule has 158 valence electrons. The van der Waals surface area contributed by atoms with E-state index in [0.717, 1.165) is 11.1 Å². The van der Waals surface area contributed by atoms with Gasteiger partial charge in [0.15, 0.2) is 0 Å². The highest BCUT2D eigenvalue weighted by Crippen LogP contribution is 2.35. The fourth-order valence-corrected chi connectivity index (χ4v) is 3.92. The van der Waals surface area contributed by atoms with Crippen molar-refractivity contribution in [1.82, 2.24) is 9.55 Å². The van der Waals surface area contributed by atoms with E-state index >= 15 is 0 Å². The second-order valence-corrected chi connectivity index (χ2v) is 7.74. The molecule has 3 nitrogen and oxygen atoms in total. The van der Waals surface area contributed by atoms with Gasteiger partial charge in [-0.2, -0.15) is 0 Å². The average Bonchev–Trinajstić information content (AvgIpc) is 3.25. The summed E-state index contributed by atoms with van der Waals surface area (Å²) < 4.78 is 28.7. The van der Waals surface area contributed by atoms with Gasteiger partial charge in [-0.25, -0.2) is 13.8 Å². The molecule has 1 N–H and O–H groups in total. The summed E-state index contributed by atoms with van der Waals surface area (Å²) in [7, 11) is 0. The Morgan fingerprint density at radius 3 is 2.13 bits per heavy atom. The van der Waals surface area contributed by atoms with Crippen molar-refractivity contribution >= 4 is 0 Å². The summed E-state index contributed by atoms with van der Waals surface area (Å²) in [6.45, 7) is 0.567. The van der Waals surface area contributed by atoms with Crippen molar-refractivity contribution in [2.75, 3.05) is 0 Å². The molecular weight excluding hydrogens is 394 g/mol. The van der Waals surface area contributed by atoms with E-state index in [9.17, 15) is 13.9 Å². The maximum atomic E-state index is 13.6. The predicted octanol–water partition coefficient (Wildman–Crippen LogP) is 5.47. The van der Waals surface area contributed by atoms with E-state index in [1.807, 2.05) is 34.9 Å². The molecule has 31 heavy (non-hydrogen) atoms. The molecule has 0 bridgehead atoms. The Hall–Kier alpha value is -3.31. The van der Waals surface area contributed by atoms with Crippen molar-refractivity contribution in [2.45, 2.75) is 31.4 Å². The summed E-state index contributed by atoms with van der Waals surface area (Å²) in [6.07, 6.45) is 5.14. The molecule has 3 aromatic carbocycles. The highest BCUT2D eigenvalue weighted by molar-refractivity contribution is 5.33. The van der Waals surface area contributed by atoms with E-state index in [1.54, 1.807) is 36.8 Å². The van der Waals surface area contributed by atoms with Gasteiger partial charge in [0.2, 0.25) is 0 Å². The second-order valence-electron chi connectivity index (χ2n) is 7.74. The van der Waals surface area contributed by atoms with Gasteiger partial charge in [-0.1, -0.05) is 54.6 Å². The molecule has 0 aliphatic carbocycles. The van der Waals surface area contributed by atoms with Crippen LogP contribution in [-0.4, -0.2) is 14.7 Å². The van der Waals surface area contributed by atoms with E-state index in [1.165, 1.54) is 24.3 Å². The van der Waals surface area contributed by atoms with Gasteiger partial charge in [0.1, 0.15) is 17.2 Å². The molecule has 5 heteroatoms. The number of aromatic nitrogens is 2. The Morgan fingerprint density at radius 1 is 0.806 bits per heavy atom. The van der Waals surface area contributed by atoms with Gasteiger partial charge in [-0.05, 0) is 60.2 Å². The van der Waals surface area contributed by atoms with Crippen LogP contribution in [0.3, 0.4) is 0 Å². The van der Waals surface area contributed by atoms with Gasteiger partial charge in [0.05, 0.1) is 18.2 Å². The lowest BCUT2D eigenvalue weighted by Crippen LogP contribution is -2.30. The molecule has 0 spiro atoms. The molecule has 1 atom stereocenters. The van der Waals surface area contributed by atoms with Gasteiger partial charge in [0.25, 0.3) is 0 Å². The maximum Gasteiger partial charge on any atom is 0.131 e. The van der Waals surface area contributed by atoms with Gasteiger partial charge < -0.3 is 9.67 Å². The van der Waals surface area contributed by atoms with E-state index < -0.39 is 5.60 Å². The van der Waals surface area contributed by atoms with Gasteiger partial charge in [-0.3, -0.25) is 0 Å². The lowest BCUT2D eigenvalue weighted by molar-refractivity contribution is 0.0607. The van der Waals surface area contributed by atoms with Crippen LogP contribution >= 0.6 is 0 Å².